The number of allylic oxidation sites excluding steroid dienone is 1. The second-order valence-electron chi connectivity index (χ2n) is 1.60. The van der Waals surface area contributed by atoms with Crippen molar-refractivity contribution >= 4 is 6.21 Å². The van der Waals surface area contributed by atoms with Crippen molar-refractivity contribution in [3.63, 3.8) is 0 Å². The van der Waals surface area contributed by atoms with Crippen LogP contribution in [0.5, 0.6) is 0 Å². The van der Waals surface area contributed by atoms with Crippen LogP contribution in [0.2, 0.25) is 0 Å². The second-order valence-corrected chi connectivity index (χ2v) is 1.60. The SMILES string of the molecule is C=C(C)CC.CC.CC.CC=N. The van der Waals surface area contributed by atoms with E-state index in [-0.39, 0.29) is 0 Å². The monoisotopic (exact) mass is 173 g/mol. The van der Waals surface area contributed by atoms with E-state index in [2.05, 4.69) is 13.5 Å². The van der Waals surface area contributed by atoms with E-state index in [0.717, 1.165) is 6.42 Å². The summed E-state index contributed by atoms with van der Waals surface area (Å²) >= 11 is 0. The normalized spacial score (nSPS) is 5.25. The largest absolute Gasteiger partial charge is 0.313 e. The summed E-state index contributed by atoms with van der Waals surface area (Å²) in [5.74, 6) is 0. The van der Waals surface area contributed by atoms with Crippen molar-refractivity contribution in [3.8, 4) is 0 Å². The van der Waals surface area contributed by atoms with E-state index in [1.165, 1.54) is 11.8 Å². The first-order valence-electron chi connectivity index (χ1n) is 4.78. The Kier molecular flexibility index (Phi) is 88.9. The van der Waals surface area contributed by atoms with Gasteiger partial charge in [-0.25, -0.2) is 0 Å². The van der Waals surface area contributed by atoms with Crippen LogP contribution < -0.4 is 0 Å². The molecular weight excluding hydrogens is 146 g/mol. The molecule has 0 radical (unpaired) electrons. The molecule has 0 aromatic heterocycles. The number of nitrogens with one attached hydrogen (secondary N) is 1. The molecule has 0 unspecified atom stereocenters. The maximum Gasteiger partial charge on any atom is -0.00788 e. The molecule has 76 valence electrons. The zero-order valence-corrected chi connectivity index (χ0v) is 9.99. The van der Waals surface area contributed by atoms with E-state index in [0.29, 0.717) is 0 Å². The summed E-state index contributed by atoms with van der Waals surface area (Å²) in [5.41, 5.74) is 1.25. The summed E-state index contributed by atoms with van der Waals surface area (Å²) in [4.78, 5) is 0. The van der Waals surface area contributed by atoms with Crippen LogP contribution in [-0.4, -0.2) is 6.21 Å². The quantitative estimate of drug-likeness (QED) is 0.440. The van der Waals surface area contributed by atoms with Gasteiger partial charge in [0.15, 0.2) is 0 Å². The van der Waals surface area contributed by atoms with Gasteiger partial charge in [-0.2, -0.15) is 0 Å². The molecule has 0 saturated carbocycles. The lowest BCUT2D eigenvalue weighted by Crippen LogP contribution is -1.58. The van der Waals surface area contributed by atoms with Crippen molar-refractivity contribution in [2.45, 2.75) is 54.9 Å². The van der Waals surface area contributed by atoms with Crippen LogP contribution in [0.15, 0.2) is 12.2 Å². The smallest absolute Gasteiger partial charge is 0.00788 e. The van der Waals surface area contributed by atoms with Gasteiger partial charge >= 0.3 is 0 Å². The van der Waals surface area contributed by atoms with Crippen molar-refractivity contribution in [2.75, 3.05) is 0 Å². The summed E-state index contributed by atoms with van der Waals surface area (Å²) in [6, 6.07) is 0. The van der Waals surface area contributed by atoms with Gasteiger partial charge < -0.3 is 5.41 Å². The molecule has 0 atom stereocenters. The molecule has 0 spiro atoms. The highest BCUT2D eigenvalue weighted by atomic mass is 14.3. The van der Waals surface area contributed by atoms with Crippen molar-refractivity contribution < 1.29 is 0 Å². The van der Waals surface area contributed by atoms with Crippen LogP contribution in [0.25, 0.3) is 0 Å². The molecule has 0 bridgehead atoms. The van der Waals surface area contributed by atoms with Crippen LogP contribution >= 0.6 is 0 Å². The summed E-state index contributed by atoms with van der Waals surface area (Å²) in [7, 11) is 0. The first-order valence-corrected chi connectivity index (χ1v) is 4.78. The molecule has 0 amide bonds. The minimum atomic E-state index is 1.11. The molecule has 0 heterocycles. The van der Waals surface area contributed by atoms with Crippen LogP contribution in [-0.2, 0) is 0 Å². The minimum absolute atomic E-state index is 1.11. The summed E-state index contributed by atoms with van der Waals surface area (Å²) < 4.78 is 0. The van der Waals surface area contributed by atoms with Crippen LogP contribution in [0.3, 0.4) is 0 Å². The van der Waals surface area contributed by atoms with Gasteiger partial charge in [0.2, 0.25) is 0 Å². The summed E-state index contributed by atoms with van der Waals surface area (Å²) in [6.45, 7) is 17.5. The van der Waals surface area contributed by atoms with E-state index in [4.69, 9.17) is 5.41 Å². The average Bonchev–Trinajstić information content (AvgIpc) is 2.13. The molecule has 0 aliphatic heterocycles. The molecule has 0 rings (SSSR count). The van der Waals surface area contributed by atoms with Gasteiger partial charge in [0.1, 0.15) is 0 Å². The van der Waals surface area contributed by atoms with Crippen LogP contribution in [0.4, 0.5) is 0 Å². The van der Waals surface area contributed by atoms with E-state index >= 15 is 0 Å². The Balaban J connectivity index is -0.0000000397. The third-order valence-corrected chi connectivity index (χ3v) is 0.604. The molecule has 1 heteroatoms. The third-order valence-electron chi connectivity index (χ3n) is 0.604. The Bertz CT molecular complexity index is 65.4. The Morgan fingerprint density at radius 1 is 1.25 bits per heavy atom. The van der Waals surface area contributed by atoms with E-state index < -0.39 is 0 Å². The Labute approximate surface area is 79.4 Å². The molecule has 1 N–H and O–H groups in total. The molecule has 0 aromatic rings. The first-order chi connectivity index (χ1) is 5.68. The fraction of sp³-hybridized carbons (Fsp3) is 0.727. The van der Waals surface area contributed by atoms with E-state index in [1.807, 2.05) is 34.6 Å². The van der Waals surface area contributed by atoms with Gasteiger partial charge in [-0.15, -0.1) is 6.58 Å². The maximum atomic E-state index is 6.08. The molecule has 0 aromatic carbocycles. The lowest BCUT2D eigenvalue weighted by Gasteiger charge is -1.79. The van der Waals surface area contributed by atoms with Gasteiger partial charge in [-0.1, -0.05) is 40.2 Å². The van der Waals surface area contributed by atoms with Crippen molar-refractivity contribution in [3.05, 3.63) is 12.2 Å². The van der Waals surface area contributed by atoms with Crippen molar-refractivity contribution in [1.29, 1.82) is 5.41 Å². The van der Waals surface area contributed by atoms with Gasteiger partial charge in [-0.05, 0) is 26.5 Å². The molecule has 0 fully saturated rings. The van der Waals surface area contributed by atoms with E-state index in [1.54, 1.807) is 6.92 Å². The molecule has 0 saturated heterocycles. The molecule has 0 aliphatic rings. The second kappa shape index (κ2) is 47.4. The lowest BCUT2D eigenvalue weighted by atomic mass is 10.3. The number of hydrogen-bond donors (Lipinski definition) is 1. The summed E-state index contributed by atoms with van der Waals surface area (Å²) in [6.07, 6.45) is 2.36. The predicted octanol–water partition coefficient (Wildman–Crippen LogP) is 4.68. The standard InChI is InChI=1S/C5H10.C2H5N.2C2H6/c1-4-5(2)3;1-2-3;2*1-2/h2,4H2,1,3H3;2-3H,1H3;2*1-2H3. The summed E-state index contributed by atoms with van der Waals surface area (Å²) in [5, 5.41) is 6.08. The molecule has 1 nitrogen and oxygen atoms in total. The molecule has 0 aliphatic carbocycles. The van der Waals surface area contributed by atoms with E-state index in [9.17, 15) is 0 Å². The van der Waals surface area contributed by atoms with Crippen molar-refractivity contribution in [2.24, 2.45) is 0 Å². The van der Waals surface area contributed by atoms with Gasteiger partial charge in [0.05, 0.1) is 0 Å². The number of hydrogen-bond acceptors (Lipinski definition) is 1. The van der Waals surface area contributed by atoms with Crippen LogP contribution in [0.1, 0.15) is 54.9 Å². The third kappa shape index (κ3) is 335. The Morgan fingerprint density at radius 2 is 1.33 bits per heavy atom. The molecule has 12 heavy (non-hydrogen) atoms. The molecular formula is C11H27N. The van der Waals surface area contributed by atoms with Crippen molar-refractivity contribution in [1.82, 2.24) is 0 Å². The average molecular weight is 173 g/mol. The highest BCUT2D eigenvalue weighted by Crippen LogP contribution is 1.88. The minimum Gasteiger partial charge on any atom is -0.313 e. The predicted molar refractivity (Wildman–Crippen MR) is 62.3 cm³/mol. The maximum absolute atomic E-state index is 6.08. The lowest BCUT2D eigenvalue weighted by molar-refractivity contribution is 1.11. The Hall–Kier alpha value is -0.590. The fourth-order valence-electron chi connectivity index (χ4n) is 0. The van der Waals surface area contributed by atoms with Crippen LogP contribution in [0, 0.1) is 5.41 Å². The highest BCUT2D eigenvalue weighted by Gasteiger charge is 1.67. The van der Waals surface area contributed by atoms with Gasteiger partial charge in [0.25, 0.3) is 0 Å². The first kappa shape index (κ1) is 22.5. The number of rotatable bonds is 1. The zero-order chi connectivity index (χ0) is 11.0. The highest BCUT2D eigenvalue weighted by molar-refractivity contribution is 5.48. The van der Waals surface area contributed by atoms with Gasteiger partial charge in [0, 0.05) is 0 Å². The fourth-order valence-corrected chi connectivity index (χ4v) is 0. The Morgan fingerprint density at radius 3 is 1.33 bits per heavy atom. The zero-order valence-electron chi connectivity index (χ0n) is 9.99. The topological polar surface area (TPSA) is 23.9 Å². The van der Waals surface area contributed by atoms with Gasteiger partial charge in [-0.3, -0.25) is 0 Å².